The van der Waals surface area contributed by atoms with Crippen LogP contribution in [-0.4, -0.2) is 37.1 Å². The number of esters is 2. The van der Waals surface area contributed by atoms with Crippen LogP contribution in [0, 0.1) is 0 Å². The van der Waals surface area contributed by atoms with Gasteiger partial charge in [0, 0.05) is 11.9 Å². The zero-order chi connectivity index (χ0) is 38.6. The minimum absolute atomic E-state index is 0. The predicted octanol–water partition coefficient (Wildman–Crippen LogP) is 10.2. The van der Waals surface area contributed by atoms with E-state index in [1.165, 1.54) is 167 Å². The van der Waals surface area contributed by atoms with Crippen LogP contribution in [0.5, 0.6) is 0 Å². The van der Waals surface area contributed by atoms with Gasteiger partial charge in [0.25, 0.3) is 0 Å². The van der Waals surface area contributed by atoms with Gasteiger partial charge in [0.2, 0.25) is 0 Å². The molecule has 0 amide bonds. The number of carbonyl (C=O) groups is 4. The van der Waals surface area contributed by atoms with Crippen LogP contribution in [0.25, 0.3) is 0 Å². The van der Waals surface area contributed by atoms with Crippen LogP contribution >= 0.6 is 0 Å². The molecule has 8 nitrogen and oxygen atoms in total. The second kappa shape index (κ2) is 47.9. The molecule has 0 unspecified atom stereocenters. The summed E-state index contributed by atoms with van der Waals surface area (Å²) in [6.45, 7) is 4.98. The number of allylic oxidation sites excluding steroid dienone is 2. The molecule has 0 aromatic heterocycles. The summed E-state index contributed by atoms with van der Waals surface area (Å²) in [5.74, 6) is -3.42. The Kier molecular flexibility index (Phi) is 49.9. The molecular weight excluding hydrogens is 720 g/mol. The van der Waals surface area contributed by atoms with E-state index < -0.39 is 23.9 Å². The van der Waals surface area contributed by atoms with Crippen molar-refractivity contribution in [1.29, 1.82) is 0 Å². The van der Waals surface area contributed by atoms with Crippen molar-refractivity contribution in [1.82, 2.24) is 0 Å². The van der Waals surface area contributed by atoms with Crippen LogP contribution in [0.1, 0.15) is 219 Å². The van der Waals surface area contributed by atoms with E-state index in [0.29, 0.717) is 0 Å². The van der Waals surface area contributed by atoms with E-state index in [-0.39, 0.29) is 56.0 Å². The Balaban J connectivity index is -0.000000926. The minimum atomic E-state index is -1.22. The van der Waals surface area contributed by atoms with Crippen LogP contribution in [-0.2, 0) is 45.7 Å². The first kappa shape index (κ1) is 55.2. The molecule has 0 aromatic rings. The third-order valence-corrected chi connectivity index (χ3v) is 9.03. The molecule has 0 aliphatic heterocycles. The van der Waals surface area contributed by atoms with Crippen LogP contribution in [0.3, 0.4) is 0 Å². The number of carboxylic acid groups (broad SMARTS) is 2. The van der Waals surface area contributed by atoms with Crippen LogP contribution < -0.4 is 10.2 Å². The molecule has 9 heteroatoms. The van der Waals surface area contributed by atoms with Gasteiger partial charge >= 0.3 is 29.0 Å². The summed E-state index contributed by atoms with van der Waals surface area (Å²) < 4.78 is 9.79. The number of ether oxygens (including phenoxy) is 2. The Morgan fingerprint density at radius 2 is 0.623 bits per heavy atom. The van der Waals surface area contributed by atoms with Crippen molar-refractivity contribution in [2.75, 3.05) is 13.2 Å². The first-order valence-corrected chi connectivity index (χ1v) is 21.3. The molecule has 0 saturated heterocycles. The summed E-state index contributed by atoms with van der Waals surface area (Å²) >= 11 is 0. The average molecular weight is 799 g/mol. The molecule has 0 saturated carbocycles. The number of carbonyl (C=O) groups excluding carboxylic acids is 4. The quantitative estimate of drug-likeness (QED) is 0.0261. The molecule has 0 N–H and O–H groups in total. The van der Waals surface area contributed by atoms with Crippen molar-refractivity contribution in [3.63, 3.8) is 0 Å². The topological polar surface area (TPSA) is 133 Å². The van der Waals surface area contributed by atoms with Crippen molar-refractivity contribution in [3.05, 3.63) is 24.3 Å². The molecule has 313 valence electrons. The Bertz CT molecular complexity index is 803. The maximum absolute atomic E-state index is 11.2. The fraction of sp³-hybridized carbons (Fsp3) is 0.818. The predicted molar refractivity (Wildman–Crippen MR) is 209 cm³/mol. The van der Waals surface area contributed by atoms with Gasteiger partial charge in [-0.1, -0.05) is 192 Å². The van der Waals surface area contributed by atoms with Crippen LogP contribution in [0.15, 0.2) is 24.3 Å². The van der Waals surface area contributed by atoms with Gasteiger partial charge in [-0.25, -0.2) is 0 Å². The number of hydrogen-bond acceptors (Lipinski definition) is 8. The second-order valence-corrected chi connectivity index (χ2v) is 14.1. The molecule has 0 atom stereocenters. The molecule has 0 fully saturated rings. The minimum Gasteiger partial charge on any atom is -0.550 e. The Morgan fingerprint density at radius 1 is 0.377 bits per heavy atom. The first-order valence-electron chi connectivity index (χ1n) is 21.3. The van der Waals surface area contributed by atoms with Crippen LogP contribution in [0.2, 0.25) is 0 Å². The monoisotopic (exact) mass is 797 g/mol. The maximum atomic E-state index is 11.2. The largest absolute Gasteiger partial charge is 2.00 e. The third kappa shape index (κ3) is 54.3. The van der Waals surface area contributed by atoms with Gasteiger partial charge in [-0.3, -0.25) is 9.59 Å². The number of rotatable bonds is 38. The first-order chi connectivity index (χ1) is 25.3. The average Bonchev–Trinajstić information content (AvgIpc) is 3.12. The number of unbranched alkanes of at least 4 members (excludes halogenated alkanes) is 26. The molecule has 0 aliphatic rings. The maximum Gasteiger partial charge on any atom is 2.00 e. The molecule has 0 rings (SSSR count). The Morgan fingerprint density at radius 3 is 0.868 bits per heavy atom. The van der Waals surface area contributed by atoms with Crippen molar-refractivity contribution in [2.24, 2.45) is 0 Å². The molecule has 0 aliphatic carbocycles. The number of carboxylic acids is 2. The molecule has 1 radical (unpaired) electrons. The normalized spacial score (nSPS) is 10.9. The summed E-state index contributed by atoms with van der Waals surface area (Å²) in [5.41, 5.74) is 0. The second-order valence-electron chi connectivity index (χ2n) is 14.1. The zero-order valence-electron chi connectivity index (χ0n) is 33.9. The van der Waals surface area contributed by atoms with E-state index in [4.69, 9.17) is 9.47 Å². The smallest absolute Gasteiger partial charge is 0.550 e. The van der Waals surface area contributed by atoms with E-state index >= 15 is 0 Å². The molecule has 53 heavy (non-hydrogen) atoms. The van der Waals surface area contributed by atoms with Gasteiger partial charge in [0.15, 0.2) is 0 Å². The van der Waals surface area contributed by atoms with Gasteiger partial charge < -0.3 is 29.3 Å². The number of hydrogen-bond donors (Lipinski definition) is 0. The molecule has 0 aromatic carbocycles. The molecule has 0 heterocycles. The summed E-state index contributed by atoms with van der Waals surface area (Å²) in [4.78, 5) is 42.7. The Labute approximate surface area is 335 Å². The number of aliphatic carboxylic acids is 2. The van der Waals surface area contributed by atoms with E-state index in [1.807, 2.05) is 24.3 Å². The SMILES string of the molecule is CCCCCCCCCCCCCCCC=CCOC(=O)CCC(=O)[O-].CCCCCCCCCCCCCCCC=CCOC(=O)CCC(=O)[O-].[Cu+2]. The van der Waals surface area contributed by atoms with Crippen molar-refractivity contribution in [3.8, 4) is 0 Å². The summed E-state index contributed by atoms with van der Waals surface area (Å²) in [6, 6.07) is 0. The molecular formula is C44H78CuO8. The van der Waals surface area contributed by atoms with Gasteiger partial charge in [-0.05, 0) is 38.5 Å². The van der Waals surface area contributed by atoms with Crippen molar-refractivity contribution < 1.29 is 55.9 Å². The fourth-order valence-corrected chi connectivity index (χ4v) is 5.77. The summed E-state index contributed by atoms with van der Waals surface area (Å²) in [6.07, 6.45) is 44.2. The molecule has 0 bridgehead atoms. The Hall–Kier alpha value is -2.12. The van der Waals surface area contributed by atoms with Crippen molar-refractivity contribution >= 4 is 23.9 Å². The fourth-order valence-electron chi connectivity index (χ4n) is 5.77. The standard InChI is InChI=1S/2C22H40O4.Cu/c2*1-2-3-4-5-6-7-8-9-10-11-12-13-14-15-16-17-20-26-22(25)19-18-21(23)24;/h2*16-17H,2-15,18-20H2,1H3,(H,23,24);/q;;+2/p-2. The molecule has 0 spiro atoms. The van der Waals surface area contributed by atoms with E-state index in [2.05, 4.69) is 13.8 Å². The van der Waals surface area contributed by atoms with Crippen LogP contribution in [0.4, 0.5) is 0 Å². The third-order valence-electron chi connectivity index (χ3n) is 9.03. The zero-order valence-corrected chi connectivity index (χ0v) is 34.9. The van der Waals surface area contributed by atoms with Gasteiger partial charge in [-0.2, -0.15) is 0 Å². The van der Waals surface area contributed by atoms with Gasteiger partial charge in [-0.15, -0.1) is 0 Å². The van der Waals surface area contributed by atoms with Crippen molar-refractivity contribution in [2.45, 2.75) is 219 Å². The van der Waals surface area contributed by atoms with Gasteiger partial charge in [0.1, 0.15) is 13.2 Å². The summed E-state index contributed by atoms with van der Waals surface area (Å²) in [7, 11) is 0. The van der Waals surface area contributed by atoms with Gasteiger partial charge in [0.05, 0.1) is 12.8 Å². The summed E-state index contributed by atoms with van der Waals surface area (Å²) in [5, 5.41) is 20.4. The van der Waals surface area contributed by atoms with E-state index in [9.17, 15) is 29.4 Å². The van der Waals surface area contributed by atoms with E-state index in [1.54, 1.807) is 0 Å². The van der Waals surface area contributed by atoms with E-state index in [0.717, 1.165) is 12.8 Å².